The Morgan fingerprint density at radius 3 is 2.20 bits per heavy atom. The lowest BCUT2D eigenvalue weighted by Crippen LogP contribution is -2.55. The molecule has 2 heterocycles. The molecule has 1 N–H and O–H groups in total. The van der Waals surface area contributed by atoms with Crippen LogP contribution >= 0.6 is 0 Å². The number of aryl methyl sites for hydroxylation is 2. The number of carbonyl (C=O) groups excluding carboxylic acids is 1. The van der Waals surface area contributed by atoms with Crippen LogP contribution in [0.4, 0.5) is 0 Å². The summed E-state index contributed by atoms with van der Waals surface area (Å²) in [5.74, 6) is -0.290. The Bertz CT molecular complexity index is 1100. The monoisotopic (exact) mass is 456 g/mol. The molecule has 30 heavy (non-hydrogen) atoms. The maximum absolute atomic E-state index is 12.7. The molecular weight excluding hydrogens is 432 g/mol. The van der Waals surface area contributed by atoms with E-state index in [0.29, 0.717) is 0 Å². The Balaban J connectivity index is 1.64. The average molecular weight is 457 g/mol. The molecule has 3 rings (SSSR count). The number of sulfonamides is 2. The van der Waals surface area contributed by atoms with Crippen molar-refractivity contribution >= 4 is 26.0 Å². The highest BCUT2D eigenvalue weighted by Crippen LogP contribution is 2.20. The topological polar surface area (TPSA) is 130 Å². The molecule has 10 nitrogen and oxygen atoms in total. The minimum Gasteiger partial charge on any atom is -0.360 e. The molecule has 0 bridgehead atoms. The molecule has 1 aliphatic rings. The van der Waals surface area contributed by atoms with Gasteiger partial charge in [0.25, 0.3) is 0 Å². The molecule has 0 spiro atoms. The fraction of sp³-hybridized carbons (Fsp3) is 0.444. The molecule has 1 amide bonds. The summed E-state index contributed by atoms with van der Waals surface area (Å²) in [6.45, 7) is 5.03. The Labute approximate surface area is 175 Å². The number of aromatic nitrogens is 1. The van der Waals surface area contributed by atoms with E-state index < -0.39 is 32.0 Å². The van der Waals surface area contributed by atoms with E-state index in [1.54, 1.807) is 18.2 Å². The third-order valence-electron chi connectivity index (χ3n) is 4.87. The van der Waals surface area contributed by atoms with Crippen LogP contribution in [0.2, 0.25) is 0 Å². The fourth-order valence-electron chi connectivity index (χ4n) is 3.36. The third kappa shape index (κ3) is 4.41. The van der Waals surface area contributed by atoms with Crippen molar-refractivity contribution in [2.24, 2.45) is 0 Å². The van der Waals surface area contributed by atoms with Gasteiger partial charge >= 0.3 is 0 Å². The first-order valence-corrected chi connectivity index (χ1v) is 12.3. The molecule has 12 heteroatoms. The lowest BCUT2D eigenvalue weighted by Gasteiger charge is -2.35. The van der Waals surface area contributed by atoms with E-state index in [0.717, 1.165) is 0 Å². The van der Waals surface area contributed by atoms with Crippen molar-refractivity contribution in [2.45, 2.75) is 36.6 Å². The highest BCUT2D eigenvalue weighted by Gasteiger charge is 2.34. The average Bonchev–Trinajstić information content (AvgIpc) is 3.06. The van der Waals surface area contributed by atoms with E-state index in [9.17, 15) is 21.6 Å². The van der Waals surface area contributed by atoms with Gasteiger partial charge in [-0.2, -0.15) is 9.03 Å². The largest absolute Gasteiger partial charge is 0.360 e. The third-order valence-corrected chi connectivity index (χ3v) is 8.57. The number of carbonyl (C=O) groups is 1. The quantitative estimate of drug-likeness (QED) is 0.669. The molecule has 0 saturated carbocycles. The van der Waals surface area contributed by atoms with Crippen molar-refractivity contribution in [1.82, 2.24) is 19.1 Å². The second-order valence-corrected chi connectivity index (χ2v) is 10.6. The minimum atomic E-state index is -3.99. The Morgan fingerprint density at radius 1 is 1.07 bits per heavy atom. The van der Waals surface area contributed by atoms with Gasteiger partial charge in [-0.3, -0.25) is 4.79 Å². The summed E-state index contributed by atoms with van der Waals surface area (Å²) in [6.07, 6.45) is 0. The summed E-state index contributed by atoms with van der Waals surface area (Å²) in [5, 5.41) is 3.63. The Hall–Kier alpha value is -2.28. The van der Waals surface area contributed by atoms with E-state index in [1.807, 2.05) is 0 Å². The van der Waals surface area contributed by atoms with Crippen LogP contribution in [0.3, 0.4) is 0 Å². The SMILES string of the molecule is Cc1noc(C)c1S(=O)(=O)N[C@@H](C)C(=O)N1CCN(S(=O)(=O)c2ccccc2)CC1. The first-order chi connectivity index (χ1) is 14.0. The maximum atomic E-state index is 12.7. The second kappa shape index (κ2) is 8.46. The van der Waals surface area contributed by atoms with E-state index in [4.69, 9.17) is 4.52 Å². The van der Waals surface area contributed by atoms with Gasteiger partial charge in [-0.15, -0.1) is 0 Å². The van der Waals surface area contributed by atoms with Gasteiger partial charge in [-0.25, -0.2) is 16.8 Å². The molecule has 1 saturated heterocycles. The van der Waals surface area contributed by atoms with Gasteiger partial charge in [0.15, 0.2) is 5.76 Å². The van der Waals surface area contributed by atoms with Gasteiger partial charge in [-0.05, 0) is 32.9 Å². The van der Waals surface area contributed by atoms with Crippen LogP contribution in [-0.4, -0.2) is 69.3 Å². The molecular formula is C18H24N4O6S2. The van der Waals surface area contributed by atoms with Gasteiger partial charge in [0.1, 0.15) is 10.6 Å². The van der Waals surface area contributed by atoms with Gasteiger partial charge in [0.2, 0.25) is 26.0 Å². The van der Waals surface area contributed by atoms with Crippen LogP contribution in [0.1, 0.15) is 18.4 Å². The number of nitrogens with one attached hydrogen (secondary N) is 1. The number of hydrogen-bond acceptors (Lipinski definition) is 7. The van der Waals surface area contributed by atoms with Crippen molar-refractivity contribution in [3.63, 3.8) is 0 Å². The number of nitrogens with zero attached hydrogens (tertiary/aromatic N) is 3. The standard InChI is InChI=1S/C18H24N4O6S2/c1-13-17(15(3)28-19-13)29(24,25)20-14(2)18(23)21-9-11-22(12-10-21)30(26,27)16-7-5-4-6-8-16/h4-8,14,20H,9-12H2,1-3H3/t14-/m0/s1. The zero-order valence-corrected chi connectivity index (χ0v) is 18.5. The summed E-state index contributed by atoms with van der Waals surface area (Å²) in [6, 6.07) is 7.07. The summed E-state index contributed by atoms with van der Waals surface area (Å²) in [5.41, 5.74) is 0.208. The molecule has 1 aliphatic heterocycles. The van der Waals surface area contributed by atoms with Crippen LogP contribution in [-0.2, 0) is 24.8 Å². The zero-order chi connectivity index (χ0) is 22.1. The summed E-state index contributed by atoms with van der Waals surface area (Å²) in [7, 11) is -7.62. The molecule has 2 aromatic rings. The normalized spacial score (nSPS) is 17.1. The van der Waals surface area contributed by atoms with Crippen molar-refractivity contribution in [3.05, 3.63) is 41.8 Å². The Kier molecular flexibility index (Phi) is 6.32. The van der Waals surface area contributed by atoms with Crippen molar-refractivity contribution in [3.8, 4) is 0 Å². The van der Waals surface area contributed by atoms with Crippen LogP contribution in [0.5, 0.6) is 0 Å². The Morgan fingerprint density at radius 2 is 1.67 bits per heavy atom. The van der Waals surface area contributed by atoms with Crippen molar-refractivity contribution < 1.29 is 26.2 Å². The zero-order valence-electron chi connectivity index (χ0n) is 16.9. The van der Waals surface area contributed by atoms with E-state index in [2.05, 4.69) is 9.88 Å². The first kappa shape index (κ1) is 22.4. The number of hydrogen-bond donors (Lipinski definition) is 1. The summed E-state index contributed by atoms with van der Waals surface area (Å²) < 4.78 is 59.2. The predicted octanol–water partition coefficient (Wildman–Crippen LogP) is 0.491. The molecule has 1 aromatic heterocycles. The van der Waals surface area contributed by atoms with Crippen molar-refractivity contribution in [2.75, 3.05) is 26.2 Å². The molecule has 0 unspecified atom stereocenters. The highest BCUT2D eigenvalue weighted by atomic mass is 32.2. The molecule has 1 fully saturated rings. The molecule has 0 aliphatic carbocycles. The summed E-state index contributed by atoms with van der Waals surface area (Å²) >= 11 is 0. The lowest BCUT2D eigenvalue weighted by molar-refractivity contribution is -0.133. The summed E-state index contributed by atoms with van der Waals surface area (Å²) in [4.78, 5) is 14.3. The molecule has 1 aromatic carbocycles. The number of amides is 1. The number of piperazine rings is 1. The number of benzene rings is 1. The van der Waals surface area contributed by atoms with Gasteiger partial charge in [0, 0.05) is 26.2 Å². The predicted molar refractivity (Wildman–Crippen MR) is 108 cm³/mol. The lowest BCUT2D eigenvalue weighted by atomic mass is 10.2. The minimum absolute atomic E-state index is 0.0825. The maximum Gasteiger partial charge on any atom is 0.246 e. The van der Waals surface area contributed by atoms with Crippen LogP contribution in [0, 0.1) is 13.8 Å². The van der Waals surface area contributed by atoms with Crippen LogP contribution in [0.15, 0.2) is 44.6 Å². The smallest absolute Gasteiger partial charge is 0.246 e. The van der Waals surface area contributed by atoms with E-state index in [-0.39, 0.29) is 47.4 Å². The second-order valence-electron chi connectivity index (χ2n) is 7.04. The number of rotatable bonds is 6. The van der Waals surface area contributed by atoms with Gasteiger partial charge in [-0.1, -0.05) is 23.4 Å². The van der Waals surface area contributed by atoms with Gasteiger partial charge < -0.3 is 9.42 Å². The highest BCUT2D eigenvalue weighted by molar-refractivity contribution is 7.89. The van der Waals surface area contributed by atoms with Crippen molar-refractivity contribution in [1.29, 1.82) is 0 Å². The van der Waals surface area contributed by atoms with E-state index in [1.165, 1.54) is 42.1 Å². The molecule has 0 radical (unpaired) electrons. The molecule has 1 atom stereocenters. The first-order valence-electron chi connectivity index (χ1n) is 9.33. The molecule has 164 valence electrons. The van der Waals surface area contributed by atoms with Gasteiger partial charge in [0.05, 0.1) is 10.9 Å². The fourth-order valence-corrected chi connectivity index (χ4v) is 6.33. The van der Waals surface area contributed by atoms with Crippen LogP contribution < -0.4 is 4.72 Å². The van der Waals surface area contributed by atoms with Crippen LogP contribution in [0.25, 0.3) is 0 Å². The van der Waals surface area contributed by atoms with E-state index >= 15 is 0 Å².